The van der Waals surface area contributed by atoms with Crippen LogP contribution >= 0.6 is 0 Å². The Morgan fingerprint density at radius 2 is 1.75 bits per heavy atom. The zero-order valence-electron chi connectivity index (χ0n) is 9.35. The second kappa shape index (κ2) is 4.83. The summed E-state index contributed by atoms with van der Waals surface area (Å²) in [5, 5.41) is 0. The molecule has 0 radical (unpaired) electrons. The lowest BCUT2D eigenvalue weighted by Gasteiger charge is -2.24. The quantitative estimate of drug-likeness (QED) is 0.644. The first-order valence-electron chi connectivity index (χ1n) is 4.60. The predicted octanol–water partition coefficient (Wildman–Crippen LogP) is 2.00. The largest absolute Gasteiger partial charge is 0.376 e. The van der Waals surface area contributed by atoms with Crippen molar-refractivity contribution in [2.24, 2.45) is 5.92 Å². The molecule has 0 aliphatic heterocycles. The Labute approximate surface area is 76.9 Å². The highest BCUT2D eigenvalue weighted by Crippen LogP contribution is 2.09. The van der Waals surface area contributed by atoms with E-state index in [0.717, 1.165) is 13.2 Å². The Kier molecular flexibility index (Phi) is 4.80. The molecule has 0 aromatic carbocycles. The van der Waals surface area contributed by atoms with Crippen molar-refractivity contribution in [3.63, 3.8) is 0 Å². The normalized spacial score (nSPS) is 15.2. The molecule has 1 atom stereocenters. The Bertz CT molecular complexity index is 115. The summed E-state index contributed by atoms with van der Waals surface area (Å²) in [5.41, 5.74) is 0.000568. The molecule has 0 fully saturated rings. The first-order valence-corrected chi connectivity index (χ1v) is 4.60. The van der Waals surface area contributed by atoms with E-state index in [-0.39, 0.29) is 5.60 Å². The second-order valence-corrected chi connectivity index (χ2v) is 4.79. The Balaban J connectivity index is 3.51. The zero-order valence-corrected chi connectivity index (χ0v) is 9.35. The number of hydrogen-bond donors (Lipinski definition) is 0. The van der Waals surface area contributed by atoms with Gasteiger partial charge in [-0.2, -0.15) is 0 Å². The zero-order chi connectivity index (χ0) is 9.78. The molecule has 2 nitrogen and oxygen atoms in total. The van der Waals surface area contributed by atoms with Gasteiger partial charge < -0.3 is 9.64 Å². The molecule has 0 saturated heterocycles. The number of hydrogen-bond acceptors (Lipinski definition) is 2. The van der Waals surface area contributed by atoms with E-state index < -0.39 is 0 Å². The van der Waals surface area contributed by atoms with Crippen molar-refractivity contribution in [1.29, 1.82) is 0 Å². The molecule has 0 amide bonds. The fourth-order valence-corrected chi connectivity index (χ4v) is 1.07. The van der Waals surface area contributed by atoms with Crippen LogP contribution in [-0.2, 0) is 4.74 Å². The smallest absolute Gasteiger partial charge is 0.0598 e. The van der Waals surface area contributed by atoms with Gasteiger partial charge in [0.25, 0.3) is 0 Å². The van der Waals surface area contributed by atoms with Crippen LogP contribution < -0.4 is 0 Å². The summed E-state index contributed by atoms with van der Waals surface area (Å²) >= 11 is 0. The van der Waals surface area contributed by atoms with Crippen molar-refractivity contribution < 1.29 is 4.74 Å². The van der Waals surface area contributed by atoms with Gasteiger partial charge in [-0.15, -0.1) is 0 Å². The van der Waals surface area contributed by atoms with Gasteiger partial charge in [0.15, 0.2) is 0 Å². The van der Waals surface area contributed by atoms with Crippen molar-refractivity contribution in [2.45, 2.75) is 33.3 Å². The van der Waals surface area contributed by atoms with Gasteiger partial charge in [-0.25, -0.2) is 0 Å². The van der Waals surface area contributed by atoms with Crippen LogP contribution in [-0.4, -0.2) is 37.7 Å². The standard InChI is InChI=1S/C10H23NO/c1-9(7-11(5)6)8-12-10(2,3)4/h9H,7-8H2,1-6H3/t9-/m1/s1. The van der Waals surface area contributed by atoms with Crippen molar-refractivity contribution in [2.75, 3.05) is 27.2 Å². The number of rotatable bonds is 4. The molecule has 0 aromatic rings. The fraction of sp³-hybridized carbons (Fsp3) is 1.00. The third kappa shape index (κ3) is 8.02. The summed E-state index contributed by atoms with van der Waals surface area (Å²) < 4.78 is 5.67. The lowest BCUT2D eigenvalue weighted by atomic mass is 10.1. The maximum atomic E-state index is 5.67. The monoisotopic (exact) mass is 173 g/mol. The van der Waals surface area contributed by atoms with Gasteiger partial charge in [0.05, 0.1) is 12.2 Å². The molecule has 0 bridgehead atoms. The van der Waals surface area contributed by atoms with Crippen LogP contribution in [0.4, 0.5) is 0 Å². The van der Waals surface area contributed by atoms with Gasteiger partial charge in [0.2, 0.25) is 0 Å². The molecular formula is C10H23NO. The van der Waals surface area contributed by atoms with Gasteiger partial charge in [0, 0.05) is 6.54 Å². The molecule has 0 rings (SSSR count). The summed E-state index contributed by atoms with van der Waals surface area (Å²) in [6, 6.07) is 0. The third-order valence-electron chi connectivity index (χ3n) is 1.48. The van der Waals surface area contributed by atoms with Gasteiger partial charge in [-0.1, -0.05) is 6.92 Å². The Morgan fingerprint density at radius 3 is 2.08 bits per heavy atom. The molecule has 74 valence electrons. The summed E-state index contributed by atoms with van der Waals surface area (Å²) in [6.45, 7) is 10.4. The molecule has 0 saturated carbocycles. The summed E-state index contributed by atoms with van der Waals surface area (Å²) in [4.78, 5) is 2.19. The van der Waals surface area contributed by atoms with Crippen LogP contribution in [0.1, 0.15) is 27.7 Å². The fourth-order valence-electron chi connectivity index (χ4n) is 1.07. The first kappa shape index (κ1) is 11.9. The van der Waals surface area contributed by atoms with Gasteiger partial charge in [0.1, 0.15) is 0 Å². The van der Waals surface area contributed by atoms with Crippen molar-refractivity contribution in [1.82, 2.24) is 4.90 Å². The second-order valence-electron chi connectivity index (χ2n) is 4.79. The van der Waals surface area contributed by atoms with Crippen LogP contribution in [0, 0.1) is 5.92 Å². The molecule has 0 unspecified atom stereocenters. The van der Waals surface area contributed by atoms with Crippen LogP contribution in [0.3, 0.4) is 0 Å². The minimum Gasteiger partial charge on any atom is -0.376 e. The topological polar surface area (TPSA) is 12.5 Å². The van der Waals surface area contributed by atoms with Crippen molar-refractivity contribution >= 4 is 0 Å². The van der Waals surface area contributed by atoms with E-state index in [1.54, 1.807) is 0 Å². The highest BCUT2D eigenvalue weighted by molar-refractivity contribution is 4.62. The third-order valence-corrected chi connectivity index (χ3v) is 1.48. The maximum Gasteiger partial charge on any atom is 0.0598 e. The Hall–Kier alpha value is -0.0800. The first-order chi connectivity index (χ1) is 5.31. The summed E-state index contributed by atoms with van der Waals surface area (Å²) in [5.74, 6) is 0.610. The van der Waals surface area contributed by atoms with E-state index in [2.05, 4.69) is 46.7 Å². The maximum absolute atomic E-state index is 5.67. The van der Waals surface area contributed by atoms with Gasteiger partial charge >= 0.3 is 0 Å². The molecule has 0 heterocycles. The predicted molar refractivity (Wildman–Crippen MR) is 53.4 cm³/mol. The van der Waals surface area contributed by atoms with Crippen LogP contribution in [0.15, 0.2) is 0 Å². The minimum atomic E-state index is 0.000568. The lowest BCUT2D eigenvalue weighted by molar-refractivity contribution is -0.0225. The van der Waals surface area contributed by atoms with Gasteiger partial charge in [-0.05, 0) is 40.8 Å². The number of ether oxygens (including phenoxy) is 1. The molecule has 0 aliphatic rings. The lowest BCUT2D eigenvalue weighted by Crippen LogP contribution is -2.28. The highest BCUT2D eigenvalue weighted by atomic mass is 16.5. The van der Waals surface area contributed by atoms with Crippen LogP contribution in [0.25, 0.3) is 0 Å². The van der Waals surface area contributed by atoms with E-state index in [1.807, 2.05) is 0 Å². The molecule has 0 aliphatic carbocycles. The molecule has 0 spiro atoms. The number of nitrogens with zero attached hydrogens (tertiary/aromatic N) is 1. The molecule has 0 N–H and O–H groups in total. The SMILES string of the molecule is C[C@@H](COC(C)(C)C)CN(C)C. The minimum absolute atomic E-state index is 0.000568. The molecular weight excluding hydrogens is 150 g/mol. The van der Waals surface area contributed by atoms with E-state index in [1.165, 1.54) is 0 Å². The van der Waals surface area contributed by atoms with Crippen LogP contribution in [0.5, 0.6) is 0 Å². The molecule has 12 heavy (non-hydrogen) atoms. The van der Waals surface area contributed by atoms with Crippen LogP contribution in [0.2, 0.25) is 0 Å². The molecule has 0 aromatic heterocycles. The average Bonchev–Trinajstić information content (AvgIpc) is 1.80. The average molecular weight is 173 g/mol. The van der Waals surface area contributed by atoms with Gasteiger partial charge in [-0.3, -0.25) is 0 Å². The highest BCUT2D eigenvalue weighted by Gasteiger charge is 2.12. The van der Waals surface area contributed by atoms with Crippen molar-refractivity contribution in [3.8, 4) is 0 Å². The molecule has 2 heteroatoms. The van der Waals surface area contributed by atoms with Crippen molar-refractivity contribution in [3.05, 3.63) is 0 Å². The van der Waals surface area contributed by atoms with E-state index in [9.17, 15) is 0 Å². The summed E-state index contributed by atoms with van der Waals surface area (Å²) in [7, 11) is 4.18. The van der Waals surface area contributed by atoms with E-state index >= 15 is 0 Å². The van der Waals surface area contributed by atoms with E-state index in [4.69, 9.17) is 4.74 Å². The Morgan fingerprint density at radius 1 is 1.25 bits per heavy atom. The van der Waals surface area contributed by atoms with E-state index in [0.29, 0.717) is 5.92 Å². The summed E-state index contributed by atoms with van der Waals surface area (Å²) in [6.07, 6.45) is 0.